The van der Waals surface area contributed by atoms with Gasteiger partial charge in [-0.25, -0.2) is 0 Å². The molecule has 0 spiro atoms. The predicted molar refractivity (Wildman–Crippen MR) is 83.1 cm³/mol. The minimum absolute atomic E-state index is 0.238. The third kappa shape index (κ3) is 3.10. The van der Waals surface area contributed by atoms with E-state index in [9.17, 15) is 4.79 Å². The van der Waals surface area contributed by atoms with E-state index in [4.69, 9.17) is 17.4 Å². The highest BCUT2D eigenvalue weighted by Crippen LogP contribution is 2.22. The molecule has 0 bridgehead atoms. The molecule has 104 valence electrons. The van der Waals surface area contributed by atoms with Crippen LogP contribution in [-0.4, -0.2) is 5.91 Å². The summed E-state index contributed by atoms with van der Waals surface area (Å²) in [6, 6.07) is 10.8. The normalized spacial score (nSPS) is 10.2. The van der Waals surface area contributed by atoms with E-state index < -0.39 is 0 Å². The Bertz CT molecular complexity index is 656. The van der Waals surface area contributed by atoms with Crippen molar-refractivity contribution in [1.82, 2.24) is 0 Å². The van der Waals surface area contributed by atoms with E-state index in [1.54, 1.807) is 12.1 Å². The van der Waals surface area contributed by atoms with Crippen LogP contribution in [0.1, 0.15) is 21.5 Å². The lowest BCUT2D eigenvalue weighted by molar-refractivity contribution is 0.102. The van der Waals surface area contributed by atoms with Crippen molar-refractivity contribution < 1.29 is 4.79 Å². The van der Waals surface area contributed by atoms with Crippen molar-refractivity contribution in [2.24, 2.45) is 5.84 Å². The summed E-state index contributed by atoms with van der Waals surface area (Å²) in [5.74, 6) is 5.21. The quantitative estimate of drug-likeness (QED) is 0.598. The van der Waals surface area contributed by atoms with Crippen LogP contribution in [0.25, 0.3) is 0 Å². The Morgan fingerprint density at radius 3 is 2.55 bits per heavy atom. The van der Waals surface area contributed by atoms with Gasteiger partial charge in [0.2, 0.25) is 0 Å². The summed E-state index contributed by atoms with van der Waals surface area (Å²) in [5.41, 5.74) is 6.23. The Morgan fingerprint density at radius 1 is 1.15 bits per heavy atom. The number of hydrogen-bond acceptors (Lipinski definition) is 3. The van der Waals surface area contributed by atoms with Crippen LogP contribution in [0.5, 0.6) is 0 Å². The minimum Gasteiger partial charge on any atom is -0.323 e. The number of rotatable bonds is 3. The summed E-state index contributed by atoms with van der Waals surface area (Å²) < 4.78 is 0. The number of amides is 1. The summed E-state index contributed by atoms with van der Waals surface area (Å²) in [4.78, 5) is 12.3. The molecule has 0 fully saturated rings. The first-order chi connectivity index (χ1) is 9.51. The molecule has 5 heteroatoms. The zero-order valence-electron chi connectivity index (χ0n) is 11.3. The van der Waals surface area contributed by atoms with Gasteiger partial charge in [0, 0.05) is 10.7 Å². The second kappa shape index (κ2) is 5.94. The maximum atomic E-state index is 12.3. The summed E-state index contributed by atoms with van der Waals surface area (Å²) >= 11 is 6.04. The maximum Gasteiger partial charge on any atom is 0.257 e. The topological polar surface area (TPSA) is 67.2 Å². The molecule has 4 N–H and O–H groups in total. The van der Waals surface area contributed by atoms with Gasteiger partial charge in [-0.1, -0.05) is 23.7 Å². The van der Waals surface area contributed by atoms with Crippen LogP contribution in [0, 0.1) is 13.8 Å². The number of nitrogens with two attached hydrogens (primary N) is 1. The molecule has 0 aliphatic heterocycles. The van der Waals surface area contributed by atoms with Crippen molar-refractivity contribution in [2.75, 3.05) is 10.7 Å². The molecular formula is C15H16ClN3O. The minimum atomic E-state index is -0.238. The second-order valence-electron chi connectivity index (χ2n) is 4.61. The first-order valence-electron chi connectivity index (χ1n) is 6.16. The fourth-order valence-corrected chi connectivity index (χ4v) is 2.03. The van der Waals surface area contributed by atoms with Gasteiger partial charge < -0.3 is 10.7 Å². The van der Waals surface area contributed by atoms with E-state index in [2.05, 4.69) is 10.7 Å². The number of carbonyl (C=O) groups excluding carboxylic acids is 1. The largest absolute Gasteiger partial charge is 0.323 e. The second-order valence-corrected chi connectivity index (χ2v) is 5.02. The number of anilines is 2. The number of benzene rings is 2. The van der Waals surface area contributed by atoms with Gasteiger partial charge in [-0.15, -0.1) is 0 Å². The third-order valence-corrected chi connectivity index (χ3v) is 3.41. The molecule has 0 atom stereocenters. The summed E-state index contributed by atoms with van der Waals surface area (Å²) in [6.07, 6.45) is 0. The van der Waals surface area contributed by atoms with Crippen LogP contribution >= 0.6 is 11.6 Å². The van der Waals surface area contributed by atoms with Crippen LogP contribution in [0.15, 0.2) is 36.4 Å². The van der Waals surface area contributed by atoms with E-state index in [-0.39, 0.29) is 5.91 Å². The van der Waals surface area contributed by atoms with Gasteiger partial charge in [0.15, 0.2) is 0 Å². The van der Waals surface area contributed by atoms with Gasteiger partial charge >= 0.3 is 0 Å². The molecule has 2 aromatic rings. The lowest BCUT2D eigenvalue weighted by Crippen LogP contribution is -2.17. The molecule has 0 aliphatic rings. The number of carbonyl (C=O) groups is 1. The number of hydrogen-bond donors (Lipinski definition) is 3. The van der Waals surface area contributed by atoms with Gasteiger partial charge in [-0.2, -0.15) is 0 Å². The van der Waals surface area contributed by atoms with Crippen molar-refractivity contribution >= 4 is 28.9 Å². The molecule has 2 aromatic carbocycles. The Labute approximate surface area is 122 Å². The molecule has 0 heterocycles. The fourth-order valence-electron chi connectivity index (χ4n) is 1.84. The number of nitrogen functional groups attached to an aromatic ring is 1. The van der Waals surface area contributed by atoms with Crippen molar-refractivity contribution in [2.45, 2.75) is 13.8 Å². The standard InChI is InChI=1S/C15H16ClN3O/c1-9-3-6-12(14(7-9)19-17)15(20)18-11-5-4-10(2)13(16)8-11/h3-8,19H,17H2,1-2H3,(H,18,20). The Hall–Kier alpha value is -2.04. The molecule has 0 radical (unpaired) electrons. The van der Waals surface area contributed by atoms with E-state index in [0.29, 0.717) is 22.0 Å². The Balaban J connectivity index is 2.25. The molecule has 0 aliphatic carbocycles. The van der Waals surface area contributed by atoms with Gasteiger partial charge in [0.25, 0.3) is 5.91 Å². The summed E-state index contributed by atoms with van der Waals surface area (Å²) in [7, 11) is 0. The molecule has 4 nitrogen and oxygen atoms in total. The summed E-state index contributed by atoms with van der Waals surface area (Å²) in [5, 5.41) is 3.42. The van der Waals surface area contributed by atoms with Crippen LogP contribution in [-0.2, 0) is 0 Å². The molecule has 20 heavy (non-hydrogen) atoms. The first kappa shape index (κ1) is 14.4. The Kier molecular flexibility index (Phi) is 4.27. The average Bonchev–Trinajstić information content (AvgIpc) is 2.42. The molecule has 1 amide bonds. The van der Waals surface area contributed by atoms with E-state index in [0.717, 1.165) is 11.1 Å². The van der Waals surface area contributed by atoms with Crippen LogP contribution in [0.2, 0.25) is 5.02 Å². The lowest BCUT2D eigenvalue weighted by atomic mass is 10.1. The summed E-state index contributed by atoms with van der Waals surface area (Å²) in [6.45, 7) is 3.84. The number of halogens is 1. The van der Waals surface area contributed by atoms with Crippen molar-refractivity contribution in [3.8, 4) is 0 Å². The third-order valence-electron chi connectivity index (χ3n) is 3.00. The van der Waals surface area contributed by atoms with Gasteiger partial charge in [0.05, 0.1) is 11.3 Å². The molecule has 2 rings (SSSR count). The van der Waals surface area contributed by atoms with Crippen LogP contribution in [0.3, 0.4) is 0 Å². The molecule has 0 unspecified atom stereocenters. The molecule has 0 saturated heterocycles. The number of hydrazine groups is 1. The zero-order valence-corrected chi connectivity index (χ0v) is 12.1. The van der Waals surface area contributed by atoms with Crippen molar-refractivity contribution in [3.05, 3.63) is 58.1 Å². The van der Waals surface area contributed by atoms with Gasteiger partial charge in [-0.05, 0) is 49.2 Å². The van der Waals surface area contributed by atoms with E-state index >= 15 is 0 Å². The highest BCUT2D eigenvalue weighted by atomic mass is 35.5. The van der Waals surface area contributed by atoms with E-state index in [1.807, 2.05) is 38.1 Å². The van der Waals surface area contributed by atoms with Gasteiger partial charge in [-0.3, -0.25) is 10.6 Å². The number of nitrogens with one attached hydrogen (secondary N) is 2. The molecule has 0 aromatic heterocycles. The monoisotopic (exact) mass is 289 g/mol. The highest BCUT2D eigenvalue weighted by Gasteiger charge is 2.11. The van der Waals surface area contributed by atoms with Crippen molar-refractivity contribution in [3.63, 3.8) is 0 Å². The van der Waals surface area contributed by atoms with Crippen LogP contribution in [0.4, 0.5) is 11.4 Å². The first-order valence-corrected chi connectivity index (χ1v) is 6.54. The van der Waals surface area contributed by atoms with Crippen molar-refractivity contribution in [1.29, 1.82) is 0 Å². The van der Waals surface area contributed by atoms with Gasteiger partial charge in [0.1, 0.15) is 0 Å². The lowest BCUT2D eigenvalue weighted by Gasteiger charge is -2.11. The fraction of sp³-hybridized carbons (Fsp3) is 0.133. The SMILES string of the molecule is Cc1ccc(C(=O)Nc2ccc(C)c(Cl)c2)c(NN)c1. The highest BCUT2D eigenvalue weighted by molar-refractivity contribution is 6.31. The maximum absolute atomic E-state index is 12.3. The smallest absolute Gasteiger partial charge is 0.257 e. The molecular weight excluding hydrogens is 274 g/mol. The Morgan fingerprint density at radius 2 is 1.90 bits per heavy atom. The van der Waals surface area contributed by atoms with E-state index in [1.165, 1.54) is 0 Å². The zero-order chi connectivity index (χ0) is 14.7. The van der Waals surface area contributed by atoms with Crippen LogP contribution < -0.4 is 16.6 Å². The number of aryl methyl sites for hydroxylation is 2. The molecule has 0 saturated carbocycles. The predicted octanol–water partition coefficient (Wildman–Crippen LogP) is 3.49. The average molecular weight is 290 g/mol.